The smallest absolute Gasteiger partial charge is 0.119 e. The van der Waals surface area contributed by atoms with Gasteiger partial charge in [-0.25, -0.2) is 0 Å². The number of benzene rings is 1. The predicted molar refractivity (Wildman–Crippen MR) is 77.6 cm³/mol. The highest BCUT2D eigenvalue weighted by atomic mass is 16.5. The van der Waals surface area contributed by atoms with Crippen LogP contribution in [0.2, 0.25) is 0 Å². The number of nitrogens with one attached hydrogen (secondary N) is 1. The Labute approximate surface area is 116 Å². The predicted octanol–water partition coefficient (Wildman–Crippen LogP) is 3.31. The molecule has 3 nitrogen and oxygen atoms in total. The van der Waals surface area contributed by atoms with Crippen LogP contribution >= 0.6 is 0 Å². The zero-order valence-corrected chi connectivity index (χ0v) is 12.2. The zero-order valence-electron chi connectivity index (χ0n) is 12.2. The van der Waals surface area contributed by atoms with Crippen LogP contribution in [-0.2, 0) is 4.74 Å². The van der Waals surface area contributed by atoms with Crippen molar-refractivity contribution >= 4 is 0 Å². The molecule has 2 rings (SSSR count). The van der Waals surface area contributed by atoms with Gasteiger partial charge in [-0.1, -0.05) is 25.5 Å². The summed E-state index contributed by atoms with van der Waals surface area (Å²) in [6.45, 7) is 8.89. The van der Waals surface area contributed by atoms with E-state index >= 15 is 0 Å². The molecule has 0 amide bonds. The Morgan fingerprint density at radius 3 is 2.63 bits per heavy atom. The van der Waals surface area contributed by atoms with Crippen molar-refractivity contribution in [1.29, 1.82) is 0 Å². The number of ether oxygens (including phenoxy) is 2. The van der Waals surface area contributed by atoms with Gasteiger partial charge in [-0.3, -0.25) is 0 Å². The summed E-state index contributed by atoms with van der Waals surface area (Å²) in [5, 5.41) is 3.51. The lowest BCUT2D eigenvalue weighted by atomic mass is 10.0. The topological polar surface area (TPSA) is 30.5 Å². The van der Waals surface area contributed by atoms with Crippen LogP contribution in [-0.4, -0.2) is 25.3 Å². The molecule has 19 heavy (non-hydrogen) atoms. The van der Waals surface area contributed by atoms with Crippen molar-refractivity contribution in [1.82, 2.24) is 5.32 Å². The minimum atomic E-state index is 0.0830. The molecule has 1 aromatic rings. The number of rotatable bonds is 5. The molecular weight excluding hydrogens is 238 g/mol. The van der Waals surface area contributed by atoms with E-state index in [0.717, 1.165) is 38.3 Å². The number of hydrogen-bond acceptors (Lipinski definition) is 3. The molecule has 1 aliphatic rings. The maximum absolute atomic E-state index is 5.91. The van der Waals surface area contributed by atoms with E-state index < -0.39 is 0 Å². The van der Waals surface area contributed by atoms with Crippen LogP contribution in [0.5, 0.6) is 5.75 Å². The average Bonchev–Trinajstić information content (AvgIpc) is 2.40. The van der Waals surface area contributed by atoms with Crippen molar-refractivity contribution in [2.45, 2.75) is 45.3 Å². The van der Waals surface area contributed by atoms with E-state index in [9.17, 15) is 0 Å². The lowest BCUT2D eigenvalue weighted by molar-refractivity contribution is -0.0229. The monoisotopic (exact) mass is 263 g/mol. The van der Waals surface area contributed by atoms with E-state index in [1.807, 2.05) is 12.1 Å². The van der Waals surface area contributed by atoms with Crippen LogP contribution in [0.25, 0.3) is 0 Å². The highest BCUT2D eigenvalue weighted by molar-refractivity contribution is 5.29. The second-order valence-electron chi connectivity index (χ2n) is 5.84. The van der Waals surface area contributed by atoms with Gasteiger partial charge in [0.05, 0.1) is 19.3 Å². The zero-order chi connectivity index (χ0) is 13.7. The first kappa shape index (κ1) is 14.4. The van der Waals surface area contributed by atoms with E-state index in [2.05, 4.69) is 38.2 Å². The third kappa shape index (κ3) is 4.22. The SMILES string of the molecule is CCCCOc1ccc(C2CNC(C)(C)CO2)cc1. The molecule has 0 bridgehead atoms. The molecule has 1 N–H and O–H groups in total. The van der Waals surface area contributed by atoms with Crippen LogP contribution in [0.1, 0.15) is 45.3 Å². The van der Waals surface area contributed by atoms with Crippen LogP contribution in [0.3, 0.4) is 0 Å². The van der Waals surface area contributed by atoms with E-state index in [4.69, 9.17) is 9.47 Å². The fourth-order valence-electron chi connectivity index (χ4n) is 2.12. The van der Waals surface area contributed by atoms with E-state index in [1.165, 1.54) is 5.56 Å². The van der Waals surface area contributed by atoms with Crippen molar-refractivity contribution in [3.63, 3.8) is 0 Å². The molecule has 1 unspecified atom stereocenters. The van der Waals surface area contributed by atoms with Gasteiger partial charge in [0.2, 0.25) is 0 Å². The lowest BCUT2D eigenvalue weighted by Crippen LogP contribution is -2.50. The Kier molecular flexibility index (Phi) is 4.83. The minimum absolute atomic E-state index is 0.0830. The summed E-state index contributed by atoms with van der Waals surface area (Å²) in [5.74, 6) is 0.946. The largest absolute Gasteiger partial charge is 0.494 e. The molecule has 0 saturated carbocycles. The molecule has 0 radical (unpaired) electrons. The highest BCUT2D eigenvalue weighted by Crippen LogP contribution is 2.25. The molecular formula is C16H25NO2. The van der Waals surface area contributed by atoms with Crippen LogP contribution in [0.4, 0.5) is 0 Å². The van der Waals surface area contributed by atoms with Crippen molar-refractivity contribution in [3.05, 3.63) is 29.8 Å². The second kappa shape index (κ2) is 6.40. The first-order valence-electron chi connectivity index (χ1n) is 7.20. The molecule has 1 heterocycles. The van der Waals surface area contributed by atoms with Crippen molar-refractivity contribution in [2.75, 3.05) is 19.8 Å². The quantitative estimate of drug-likeness (QED) is 0.827. The summed E-state index contributed by atoms with van der Waals surface area (Å²) in [7, 11) is 0. The van der Waals surface area contributed by atoms with Crippen LogP contribution in [0.15, 0.2) is 24.3 Å². The van der Waals surface area contributed by atoms with Gasteiger partial charge >= 0.3 is 0 Å². The molecule has 1 atom stereocenters. The molecule has 1 aromatic carbocycles. The Morgan fingerprint density at radius 2 is 2.05 bits per heavy atom. The van der Waals surface area contributed by atoms with Gasteiger partial charge in [-0.05, 0) is 38.0 Å². The summed E-state index contributed by atoms with van der Waals surface area (Å²) in [5.41, 5.74) is 1.30. The summed E-state index contributed by atoms with van der Waals surface area (Å²) in [4.78, 5) is 0. The third-order valence-electron chi connectivity index (χ3n) is 3.43. The van der Waals surface area contributed by atoms with Gasteiger partial charge in [-0.2, -0.15) is 0 Å². The standard InChI is InChI=1S/C16H25NO2/c1-4-5-10-18-14-8-6-13(7-9-14)15-11-17-16(2,3)12-19-15/h6-9,15,17H,4-5,10-12H2,1-3H3. The van der Waals surface area contributed by atoms with Gasteiger partial charge < -0.3 is 14.8 Å². The maximum Gasteiger partial charge on any atom is 0.119 e. The number of unbranched alkanes of at least 4 members (excludes halogenated alkanes) is 1. The van der Waals surface area contributed by atoms with Crippen molar-refractivity contribution in [2.24, 2.45) is 0 Å². The normalized spacial score (nSPS) is 22.2. The van der Waals surface area contributed by atoms with E-state index in [-0.39, 0.29) is 11.6 Å². The van der Waals surface area contributed by atoms with Gasteiger partial charge in [0.25, 0.3) is 0 Å². The Hall–Kier alpha value is -1.06. The Bertz CT molecular complexity index is 376. The Balaban J connectivity index is 1.88. The van der Waals surface area contributed by atoms with E-state index in [0.29, 0.717) is 0 Å². The summed E-state index contributed by atoms with van der Waals surface area (Å²) >= 11 is 0. The molecule has 106 valence electrons. The minimum Gasteiger partial charge on any atom is -0.494 e. The highest BCUT2D eigenvalue weighted by Gasteiger charge is 2.27. The van der Waals surface area contributed by atoms with E-state index in [1.54, 1.807) is 0 Å². The molecule has 0 aromatic heterocycles. The van der Waals surface area contributed by atoms with Gasteiger partial charge in [-0.15, -0.1) is 0 Å². The average molecular weight is 263 g/mol. The molecule has 0 aliphatic carbocycles. The van der Waals surface area contributed by atoms with Crippen LogP contribution in [0, 0.1) is 0 Å². The fourth-order valence-corrected chi connectivity index (χ4v) is 2.12. The number of morpholine rings is 1. The first-order chi connectivity index (χ1) is 9.11. The second-order valence-corrected chi connectivity index (χ2v) is 5.84. The molecule has 0 spiro atoms. The summed E-state index contributed by atoms with van der Waals surface area (Å²) in [6, 6.07) is 8.28. The third-order valence-corrected chi connectivity index (χ3v) is 3.43. The summed E-state index contributed by atoms with van der Waals surface area (Å²) in [6.07, 6.45) is 2.42. The van der Waals surface area contributed by atoms with Gasteiger partial charge in [0.1, 0.15) is 5.75 Å². The molecule has 1 saturated heterocycles. The van der Waals surface area contributed by atoms with Gasteiger partial charge in [0.15, 0.2) is 0 Å². The fraction of sp³-hybridized carbons (Fsp3) is 0.625. The molecule has 1 fully saturated rings. The molecule has 1 aliphatic heterocycles. The first-order valence-corrected chi connectivity index (χ1v) is 7.20. The van der Waals surface area contributed by atoms with Crippen molar-refractivity contribution < 1.29 is 9.47 Å². The van der Waals surface area contributed by atoms with Crippen molar-refractivity contribution in [3.8, 4) is 5.75 Å². The number of hydrogen-bond donors (Lipinski definition) is 1. The van der Waals surface area contributed by atoms with Gasteiger partial charge in [0, 0.05) is 12.1 Å². The maximum atomic E-state index is 5.91. The van der Waals surface area contributed by atoms with Crippen LogP contribution < -0.4 is 10.1 Å². The lowest BCUT2D eigenvalue weighted by Gasteiger charge is -2.36. The Morgan fingerprint density at radius 1 is 1.32 bits per heavy atom. The molecule has 3 heteroatoms. The summed E-state index contributed by atoms with van der Waals surface area (Å²) < 4.78 is 11.6.